The van der Waals surface area contributed by atoms with Crippen LogP contribution in [0.4, 0.5) is 4.39 Å². The van der Waals surface area contributed by atoms with E-state index in [1.807, 2.05) is 20.8 Å². The molecule has 0 atom stereocenters. The van der Waals surface area contributed by atoms with Gasteiger partial charge >= 0.3 is 0 Å². The van der Waals surface area contributed by atoms with Crippen LogP contribution in [0.1, 0.15) is 38.1 Å². The number of carbonyl (C=O) groups is 2. The Hall–Kier alpha value is -1.91. The van der Waals surface area contributed by atoms with E-state index in [9.17, 15) is 14.0 Å². The molecule has 0 heterocycles. The minimum atomic E-state index is -0.577. The van der Waals surface area contributed by atoms with Crippen molar-refractivity contribution in [1.82, 2.24) is 10.2 Å². The third kappa shape index (κ3) is 4.64. The van der Waals surface area contributed by atoms with Gasteiger partial charge in [-0.25, -0.2) is 4.39 Å². The first-order valence-corrected chi connectivity index (χ1v) is 6.59. The number of amides is 2. The largest absolute Gasteiger partial charge is 0.350 e. The Balaban J connectivity index is 2.79. The van der Waals surface area contributed by atoms with Crippen molar-refractivity contribution in [3.63, 3.8) is 0 Å². The molecule has 5 heteroatoms. The summed E-state index contributed by atoms with van der Waals surface area (Å²) in [5.74, 6) is -1.31. The standard InChI is InChI=1S/C15H21FN2O2/c1-5-18(10-13(19)17-15(2,3)4)14(20)11-8-6-7-9-12(11)16/h6-9H,5,10H2,1-4H3,(H,17,19). The minimum Gasteiger partial charge on any atom is -0.350 e. The monoisotopic (exact) mass is 280 g/mol. The molecule has 0 bridgehead atoms. The average molecular weight is 280 g/mol. The molecule has 0 saturated heterocycles. The minimum absolute atomic E-state index is 0.0158. The van der Waals surface area contributed by atoms with Gasteiger partial charge in [-0.1, -0.05) is 12.1 Å². The van der Waals surface area contributed by atoms with Gasteiger partial charge in [-0.3, -0.25) is 9.59 Å². The van der Waals surface area contributed by atoms with Gasteiger partial charge in [-0.05, 0) is 39.8 Å². The molecular formula is C15H21FN2O2. The summed E-state index contributed by atoms with van der Waals surface area (Å²) < 4.78 is 13.6. The van der Waals surface area contributed by atoms with Crippen LogP contribution in [0.2, 0.25) is 0 Å². The second-order valence-corrected chi connectivity index (χ2v) is 5.60. The van der Waals surface area contributed by atoms with E-state index in [0.29, 0.717) is 6.54 Å². The van der Waals surface area contributed by atoms with Crippen LogP contribution in [0.3, 0.4) is 0 Å². The molecule has 0 fully saturated rings. The van der Waals surface area contributed by atoms with Crippen molar-refractivity contribution in [2.45, 2.75) is 33.2 Å². The fourth-order valence-corrected chi connectivity index (χ4v) is 1.76. The van der Waals surface area contributed by atoms with Crippen molar-refractivity contribution in [2.75, 3.05) is 13.1 Å². The summed E-state index contributed by atoms with van der Waals surface area (Å²) in [4.78, 5) is 25.4. The second-order valence-electron chi connectivity index (χ2n) is 5.60. The first-order valence-electron chi connectivity index (χ1n) is 6.59. The molecule has 0 unspecified atom stereocenters. The van der Waals surface area contributed by atoms with Gasteiger partial charge in [0.15, 0.2) is 0 Å². The molecule has 0 aromatic heterocycles. The molecule has 1 N–H and O–H groups in total. The smallest absolute Gasteiger partial charge is 0.257 e. The van der Waals surface area contributed by atoms with Crippen LogP contribution in [0.25, 0.3) is 0 Å². The fourth-order valence-electron chi connectivity index (χ4n) is 1.76. The molecule has 0 aliphatic rings. The van der Waals surface area contributed by atoms with Crippen LogP contribution in [0, 0.1) is 5.82 Å². The molecule has 110 valence electrons. The molecular weight excluding hydrogens is 259 g/mol. The zero-order chi connectivity index (χ0) is 15.3. The number of nitrogens with one attached hydrogen (secondary N) is 1. The van der Waals surface area contributed by atoms with E-state index in [2.05, 4.69) is 5.32 Å². The SMILES string of the molecule is CCN(CC(=O)NC(C)(C)C)C(=O)c1ccccc1F. The molecule has 20 heavy (non-hydrogen) atoms. The van der Waals surface area contributed by atoms with Crippen molar-refractivity contribution in [3.8, 4) is 0 Å². The number of nitrogens with zero attached hydrogens (tertiary/aromatic N) is 1. The quantitative estimate of drug-likeness (QED) is 0.919. The summed E-state index contributed by atoms with van der Waals surface area (Å²) in [7, 11) is 0. The van der Waals surface area contributed by atoms with E-state index in [1.165, 1.54) is 23.1 Å². The van der Waals surface area contributed by atoms with E-state index in [1.54, 1.807) is 13.0 Å². The number of hydrogen-bond acceptors (Lipinski definition) is 2. The van der Waals surface area contributed by atoms with Crippen LogP contribution in [-0.2, 0) is 4.79 Å². The first kappa shape index (κ1) is 16.1. The summed E-state index contributed by atoms with van der Waals surface area (Å²) in [5, 5.41) is 2.78. The maximum absolute atomic E-state index is 13.6. The van der Waals surface area contributed by atoms with Crippen LogP contribution >= 0.6 is 0 Å². The Bertz CT molecular complexity index is 495. The van der Waals surface area contributed by atoms with Crippen molar-refractivity contribution in [2.24, 2.45) is 0 Å². The molecule has 4 nitrogen and oxygen atoms in total. The summed E-state index contributed by atoms with van der Waals surface area (Å²) in [5.41, 5.74) is -0.379. The molecule has 1 aromatic rings. The Morgan fingerprint density at radius 1 is 1.25 bits per heavy atom. The van der Waals surface area contributed by atoms with Crippen LogP contribution < -0.4 is 5.32 Å². The number of hydrogen-bond donors (Lipinski definition) is 1. The van der Waals surface area contributed by atoms with Gasteiger partial charge in [0, 0.05) is 12.1 Å². The van der Waals surface area contributed by atoms with Crippen molar-refractivity contribution < 1.29 is 14.0 Å². The average Bonchev–Trinajstić information content (AvgIpc) is 2.33. The Morgan fingerprint density at radius 2 is 1.85 bits per heavy atom. The molecule has 0 radical (unpaired) electrons. The summed E-state index contributed by atoms with van der Waals surface area (Å²) >= 11 is 0. The predicted molar refractivity (Wildman–Crippen MR) is 75.9 cm³/mol. The van der Waals surface area contributed by atoms with E-state index in [-0.39, 0.29) is 23.6 Å². The van der Waals surface area contributed by atoms with Gasteiger partial charge in [0.1, 0.15) is 5.82 Å². The lowest BCUT2D eigenvalue weighted by Crippen LogP contribution is -2.47. The number of benzene rings is 1. The van der Waals surface area contributed by atoms with E-state index < -0.39 is 11.7 Å². The molecule has 0 aliphatic heterocycles. The Morgan fingerprint density at radius 3 is 2.35 bits per heavy atom. The highest BCUT2D eigenvalue weighted by molar-refractivity contribution is 5.96. The molecule has 2 amide bonds. The van der Waals surface area contributed by atoms with Crippen LogP contribution in [0.5, 0.6) is 0 Å². The number of rotatable bonds is 4. The van der Waals surface area contributed by atoms with Crippen LogP contribution in [0.15, 0.2) is 24.3 Å². The lowest BCUT2D eigenvalue weighted by atomic mass is 10.1. The highest BCUT2D eigenvalue weighted by Crippen LogP contribution is 2.10. The van der Waals surface area contributed by atoms with Crippen molar-refractivity contribution in [1.29, 1.82) is 0 Å². The zero-order valence-electron chi connectivity index (χ0n) is 12.4. The normalized spacial score (nSPS) is 11.1. The fraction of sp³-hybridized carbons (Fsp3) is 0.467. The maximum Gasteiger partial charge on any atom is 0.257 e. The Kier molecular flexibility index (Phi) is 5.25. The van der Waals surface area contributed by atoms with E-state index >= 15 is 0 Å². The molecule has 1 aromatic carbocycles. The first-order chi connectivity index (χ1) is 9.24. The lowest BCUT2D eigenvalue weighted by molar-refractivity contribution is -0.123. The maximum atomic E-state index is 13.6. The van der Waals surface area contributed by atoms with Crippen molar-refractivity contribution in [3.05, 3.63) is 35.6 Å². The summed E-state index contributed by atoms with van der Waals surface area (Å²) in [6.07, 6.45) is 0. The highest BCUT2D eigenvalue weighted by Gasteiger charge is 2.22. The predicted octanol–water partition coefficient (Wildman–Crippen LogP) is 2.20. The molecule has 0 spiro atoms. The molecule has 0 aliphatic carbocycles. The second kappa shape index (κ2) is 6.50. The van der Waals surface area contributed by atoms with E-state index in [0.717, 1.165) is 0 Å². The van der Waals surface area contributed by atoms with Gasteiger partial charge in [0.2, 0.25) is 5.91 Å². The zero-order valence-corrected chi connectivity index (χ0v) is 12.4. The third-order valence-corrected chi connectivity index (χ3v) is 2.62. The van der Waals surface area contributed by atoms with E-state index in [4.69, 9.17) is 0 Å². The van der Waals surface area contributed by atoms with Crippen molar-refractivity contribution >= 4 is 11.8 Å². The van der Waals surface area contributed by atoms with Gasteiger partial charge in [0.25, 0.3) is 5.91 Å². The molecule has 0 saturated carbocycles. The van der Waals surface area contributed by atoms with Gasteiger partial charge in [0.05, 0.1) is 12.1 Å². The Labute approximate surface area is 119 Å². The summed E-state index contributed by atoms with van der Waals surface area (Å²) in [6, 6.07) is 5.77. The van der Waals surface area contributed by atoms with Gasteiger partial charge in [-0.2, -0.15) is 0 Å². The topological polar surface area (TPSA) is 49.4 Å². The third-order valence-electron chi connectivity index (χ3n) is 2.62. The van der Waals surface area contributed by atoms with Gasteiger partial charge in [-0.15, -0.1) is 0 Å². The summed E-state index contributed by atoms with van der Waals surface area (Å²) in [6.45, 7) is 7.59. The highest BCUT2D eigenvalue weighted by atomic mass is 19.1. The van der Waals surface area contributed by atoms with Gasteiger partial charge < -0.3 is 10.2 Å². The molecule has 1 rings (SSSR count). The number of likely N-dealkylation sites (N-methyl/N-ethyl adjacent to an activating group) is 1. The number of halogens is 1. The number of carbonyl (C=O) groups excluding carboxylic acids is 2. The lowest BCUT2D eigenvalue weighted by Gasteiger charge is -2.25. The van der Waals surface area contributed by atoms with Crippen LogP contribution in [-0.4, -0.2) is 35.3 Å².